The molecule has 0 saturated carbocycles. The molecule has 0 atom stereocenters. The second kappa shape index (κ2) is 7.66. The maximum atomic E-state index is 4.18. The maximum Gasteiger partial charge on any atom is 0.0701 e. The zero-order valence-electron chi connectivity index (χ0n) is 14.5. The number of rotatable bonds is 1. The van der Waals surface area contributed by atoms with Gasteiger partial charge in [-0.1, -0.05) is 66.7 Å². The molecule has 0 fully saturated rings. The lowest BCUT2D eigenvalue weighted by Gasteiger charge is -2.25. The first kappa shape index (κ1) is 16.1. The predicted octanol–water partition coefficient (Wildman–Crippen LogP) is 5.91. The lowest BCUT2D eigenvalue weighted by molar-refractivity contribution is 0.954. The van der Waals surface area contributed by atoms with Crippen molar-refractivity contribution < 1.29 is 0 Å². The van der Waals surface area contributed by atoms with E-state index in [1.807, 2.05) is 36.5 Å². The van der Waals surface area contributed by atoms with Gasteiger partial charge >= 0.3 is 0 Å². The monoisotopic (exact) mass is 336 g/mol. The molecule has 0 aliphatic carbocycles. The molecule has 1 aliphatic rings. The summed E-state index contributed by atoms with van der Waals surface area (Å²) in [6.45, 7) is 0.955. The van der Waals surface area contributed by atoms with E-state index in [1.165, 1.54) is 22.2 Å². The van der Waals surface area contributed by atoms with Crippen LogP contribution >= 0.6 is 0 Å². The largest absolute Gasteiger partial charge is 0.344 e. The van der Waals surface area contributed by atoms with Crippen molar-refractivity contribution in [1.82, 2.24) is 4.98 Å². The van der Waals surface area contributed by atoms with Gasteiger partial charge in [-0.3, -0.25) is 4.98 Å². The van der Waals surface area contributed by atoms with Crippen molar-refractivity contribution in [3.05, 3.63) is 115 Å². The number of hydrogen-bond donors (Lipinski definition) is 0. The van der Waals surface area contributed by atoms with E-state index in [2.05, 4.69) is 82.8 Å². The summed E-state index contributed by atoms with van der Waals surface area (Å²) in [6, 6.07) is 31.1. The fraction of sp³-hybridized carbons (Fsp3) is 0.0417. The molecular formula is C24H20N2. The molecule has 1 aromatic heterocycles. The highest BCUT2D eigenvalue weighted by Gasteiger charge is 2.10. The molecule has 0 N–H and O–H groups in total. The Hall–Kier alpha value is -3.39. The Morgan fingerprint density at radius 1 is 0.692 bits per heavy atom. The molecule has 2 heteroatoms. The van der Waals surface area contributed by atoms with Crippen molar-refractivity contribution in [3.8, 4) is 0 Å². The molecule has 2 heterocycles. The molecule has 0 amide bonds. The van der Waals surface area contributed by atoms with Crippen LogP contribution in [0.3, 0.4) is 0 Å². The van der Waals surface area contributed by atoms with Gasteiger partial charge in [-0.25, -0.2) is 0 Å². The summed E-state index contributed by atoms with van der Waals surface area (Å²) in [6.07, 6.45) is 6.13. The van der Waals surface area contributed by atoms with Gasteiger partial charge in [0, 0.05) is 30.0 Å². The highest BCUT2D eigenvalue weighted by atomic mass is 15.1. The summed E-state index contributed by atoms with van der Waals surface area (Å²) in [5, 5.41) is 1.20. The molecule has 126 valence electrons. The Kier molecular flexibility index (Phi) is 4.74. The van der Waals surface area contributed by atoms with Crippen LogP contribution < -0.4 is 4.90 Å². The lowest BCUT2D eigenvalue weighted by Crippen LogP contribution is -2.18. The number of fused-ring (bicyclic) bond motifs is 2. The van der Waals surface area contributed by atoms with Gasteiger partial charge < -0.3 is 4.90 Å². The third kappa shape index (κ3) is 3.65. The molecule has 0 spiro atoms. The fourth-order valence-electron chi connectivity index (χ4n) is 3.06. The highest BCUT2D eigenvalue weighted by Crippen LogP contribution is 2.24. The maximum absolute atomic E-state index is 4.18. The van der Waals surface area contributed by atoms with E-state index in [9.17, 15) is 0 Å². The van der Waals surface area contributed by atoms with Gasteiger partial charge in [-0.15, -0.1) is 0 Å². The Labute approximate surface area is 154 Å². The second-order valence-electron chi connectivity index (χ2n) is 6.17. The minimum absolute atomic E-state index is 0.955. The summed E-state index contributed by atoms with van der Waals surface area (Å²) in [7, 11) is 0. The van der Waals surface area contributed by atoms with E-state index in [0.29, 0.717) is 0 Å². The van der Waals surface area contributed by atoms with Crippen LogP contribution in [0.25, 0.3) is 17.0 Å². The van der Waals surface area contributed by atoms with Gasteiger partial charge in [0.1, 0.15) is 0 Å². The van der Waals surface area contributed by atoms with Crippen LogP contribution in [0.4, 0.5) is 5.69 Å². The molecule has 0 unspecified atom stereocenters. The van der Waals surface area contributed by atoms with E-state index in [0.717, 1.165) is 12.1 Å². The average Bonchev–Trinajstić information content (AvgIpc) is 2.74. The van der Waals surface area contributed by atoms with Gasteiger partial charge in [0.05, 0.1) is 5.52 Å². The molecule has 0 radical (unpaired) electrons. The van der Waals surface area contributed by atoms with Crippen LogP contribution in [-0.2, 0) is 6.54 Å². The van der Waals surface area contributed by atoms with Gasteiger partial charge in [0.2, 0.25) is 0 Å². The van der Waals surface area contributed by atoms with E-state index in [1.54, 1.807) is 0 Å². The first-order valence-corrected chi connectivity index (χ1v) is 8.78. The van der Waals surface area contributed by atoms with E-state index in [4.69, 9.17) is 0 Å². The molecule has 3 aromatic carbocycles. The number of anilines is 1. The number of pyridine rings is 1. The van der Waals surface area contributed by atoms with E-state index in [-0.39, 0.29) is 0 Å². The summed E-state index contributed by atoms with van der Waals surface area (Å²) in [4.78, 5) is 6.45. The van der Waals surface area contributed by atoms with Crippen LogP contribution in [0, 0.1) is 0 Å². The van der Waals surface area contributed by atoms with Crippen molar-refractivity contribution in [2.75, 3.05) is 4.90 Å². The second-order valence-corrected chi connectivity index (χ2v) is 6.17. The minimum atomic E-state index is 0.955. The van der Waals surface area contributed by atoms with Crippen LogP contribution in [0.15, 0.2) is 103 Å². The van der Waals surface area contributed by atoms with Gasteiger partial charge in [0.25, 0.3) is 0 Å². The fourth-order valence-corrected chi connectivity index (χ4v) is 3.06. The summed E-state index contributed by atoms with van der Waals surface area (Å²) in [5.74, 6) is 0. The molecule has 0 bridgehead atoms. The normalized spacial score (nSPS) is 12.2. The SMILES string of the molecule is C1=CN(c2ccccc2)Cc2ccccc21.c1ccc2ncccc2c1. The van der Waals surface area contributed by atoms with Crippen molar-refractivity contribution >= 4 is 22.7 Å². The Bertz CT molecular complexity index is 957. The van der Waals surface area contributed by atoms with E-state index >= 15 is 0 Å². The van der Waals surface area contributed by atoms with Crippen LogP contribution in [0.1, 0.15) is 11.1 Å². The molecule has 4 aromatic rings. The van der Waals surface area contributed by atoms with Crippen molar-refractivity contribution in [2.45, 2.75) is 6.54 Å². The quantitative estimate of drug-likeness (QED) is 0.429. The molecule has 2 nitrogen and oxygen atoms in total. The van der Waals surface area contributed by atoms with Crippen LogP contribution in [-0.4, -0.2) is 4.98 Å². The molecular weight excluding hydrogens is 316 g/mol. The number of benzene rings is 3. The van der Waals surface area contributed by atoms with Crippen LogP contribution in [0.2, 0.25) is 0 Å². The topological polar surface area (TPSA) is 16.1 Å². The number of aromatic nitrogens is 1. The standard InChI is InChI=1S/C15H13N.C9H7N/c1-2-8-15(9-3-1)16-11-10-13-6-4-5-7-14(13)12-16;1-2-6-9-8(4-1)5-3-7-10-9/h1-11H,12H2;1-7H. The number of nitrogens with zero attached hydrogens (tertiary/aromatic N) is 2. The average molecular weight is 336 g/mol. The minimum Gasteiger partial charge on any atom is -0.344 e. The van der Waals surface area contributed by atoms with Gasteiger partial charge in [-0.05, 0) is 41.5 Å². The molecule has 1 aliphatic heterocycles. The van der Waals surface area contributed by atoms with Crippen molar-refractivity contribution in [3.63, 3.8) is 0 Å². The van der Waals surface area contributed by atoms with E-state index < -0.39 is 0 Å². The van der Waals surface area contributed by atoms with Gasteiger partial charge in [-0.2, -0.15) is 0 Å². The Morgan fingerprint density at radius 3 is 2.31 bits per heavy atom. The highest BCUT2D eigenvalue weighted by molar-refractivity contribution is 5.77. The summed E-state index contributed by atoms with van der Waals surface area (Å²) >= 11 is 0. The first-order valence-electron chi connectivity index (χ1n) is 8.78. The Balaban J connectivity index is 0.000000144. The summed E-state index contributed by atoms with van der Waals surface area (Å²) in [5.41, 5.74) is 5.02. The van der Waals surface area contributed by atoms with Crippen molar-refractivity contribution in [1.29, 1.82) is 0 Å². The predicted molar refractivity (Wildman–Crippen MR) is 110 cm³/mol. The summed E-state index contributed by atoms with van der Waals surface area (Å²) < 4.78 is 0. The zero-order chi connectivity index (χ0) is 17.6. The molecule has 26 heavy (non-hydrogen) atoms. The third-order valence-electron chi connectivity index (χ3n) is 4.43. The Morgan fingerprint density at radius 2 is 1.42 bits per heavy atom. The zero-order valence-corrected chi connectivity index (χ0v) is 14.5. The van der Waals surface area contributed by atoms with Crippen LogP contribution in [0.5, 0.6) is 0 Å². The first-order chi connectivity index (χ1) is 12.9. The molecule has 5 rings (SSSR count). The number of para-hydroxylation sites is 2. The van der Waals surface area contributed by atoms with Gasteiger partial charge in [0.15, 0.2) is 0 Å². The smallest absolute Gasteiger partial charge is 0.0701 e. The third-order valence-corrected chi connectivity index (χ3v) is 4.43. The lowest BCUT2D eigenvalue weighted by atomic mass is 10.0. The molecule has 0 saturated heterocycles. The number of hydrogen-bond acceptors (Lipinski definition) is 2. The van der Waals surface area contributed by atoms with Crippen molar-refractivity contribution in [2.24, 2.45) is 0 Å².